The third-order valence-corrected chi connectivity index (χ3v) is 6.03. The lowest BCUT2D eigenvalue weighted by molar-refractivity contribution is -0.134. The zero-order valence-electron chi connectivity index (χ0n) is 17.9. The highest BCUT2D eigenvalue weighted by molar-refractivity contribution is 5.91. The first-order valence-electron chi connectivity index (χ1n) is 10.3. The number of hydrogen-bond donors (Lipinski definition) is 1. The van der Waals surface area contributed by atoms with E-state index in [2.05, 4.69) is 44.5 Å². The van der Waals surface area contributed by atoms with Gasteiger partial charge in [0.15, 0.2) is 0 Å². The number of esters is 1. The van der Waals surface area contributed by atoms with Gasteiger partial charge >= 0.3 is 5.97 Å². The molecule has 0 radical (unpaired) electrons. The van der Waals surface area contributed by atoms with Gasteiger partial charge in [0.25, 0.3) is 0 Å². The van der Waals surface area contributed by atoms with Gasteiger partial charge in [0.2, 0.25) is 0 Å². The van der Waals surface area contributed by atoms with Crippen LogP contribution in [-0.4, -0.2) is 50.3 Å². The molecule has 4 rings (SSSR count). The number of rotatable bonds is 4. The van der Waals surface area contributed by atoms with Crippen molar-refractivity contribution in [3.63, 3.8) is 0 Å². The lowest BCUT2D eigenvalue weighted by Gasteiger charge is -2.42. The minimum Gasteiger partial charge on any atom is -0.504 e. The molecule has 6 heteroatoms. The van der Waals surface area contributed by atoms with Gasteiger partial charge in [0.1, 0.15) is 5.75 Å². The van der Waals surface area contributed by atoms with Gasteiger partial charge in [-0.25, -0.2) is 4.79 Å². The molecule has 3 heterocycles. The van der Waals surface area contributed by atoms with E-state index in [1.807, 2.05) is 0 Å². The molecule has 1 aromatic carbocycles. The zero-order chi connectivity index (χ0) is 20.8. The molecule has 0 spiro atoms. The van der Waals surface area contributed by atoms with Crippen molar-refractivity contribution < 1.29 is 19.0 Å². The number of aromatic nitrogens is 1. The van der Waals surface area contributed by atoms with Crippen LogP contribution in [0.1, 0.15) is 43.5 Å². The molecule has 1 saturated heterocycles. The molecule has 1 N–H and O–H groups in total. The van der Waals surface area contributed by atoms with Crippen LogP contribution in [0.5, 0.6) is 5.75 Å². The van der Waals surface area contributed by atoms with Gasteiger partial charge in [-0.1, -0.05) is 19.4 Å². The number of nitrogens with zero attached hydrogens (tertiary/aromatic N) is 1. The van der Waals surface area contributed by atoms with Crippen molar-refractivity contribution in [1.29, 1.82) is 0 Å². The van der Waals surface area contributed by atoms with Crippen LogP contribution in [-0.2, 0) is 20.7 Å². The fourth-order valence-corrected chi connectivity index (χ4v) is 4.50. The first-order chi connectivity index (χ1) is 14.1. The molecule has 2 aromatic rings. The summed E-state index contributed by atoms with van der Waals surface area (Å²) in [5, 5.41) is 1.31. The Hall–Kier alpha value is -2.47. The minimum absolute atomic E-state index is 0.410. The normalized spacial score (nSPS) is 21.1. The summed E-state index contributed by atoms with van der Waals surface area (Å²) >= 11 is 0. The topological polar surface area (TPSA) is 63.8 Å². The fourth-order valence-electron chi connectivity index (χ4n) is 4.50. The van der Waals surface area contributed by atoms with Gasteiger partial charge in [-0.15, -0.1) is 0 Å². The van der Waals surface area contributed by atoms with Crippen molar-refractivity contribution in [3.8, 4) is 5.75 Å². The molecule has 1 aromatic heterocycles. The second kappa shape index (κ2) is 9.83. The standard InChI is InChI=1S/C18H24N2O.C5H8O3/c1-3-12-7-8-15-18-13(9-10-20(15)11-12)17-14(19-18)5-4-6-16(17)21-2;1-7-4-3-5(6)8-2/h4-6,12,15,19H,3,7-11H2,1-2H3;3-4H,1-2H3/b;4-3+/t12-,15-;/m0./s1. The zero-order valence-corrected chi connectivity index (χ0v) is 17.9. The molecule has 2 aliphatic heterocycles. The molecule has 0 saturated carbocycles. The molecule has 0 bridgehead atoms. The number of H-pyrrole nitrogens is 1. The van der Waals surface area contributed by atoms with Crippen LogP contribution in [0.15, 0.2) is 30.5 Å². The van der Waals surface area contributed by atoms with E-state index in [4.69, 9.17) is 4.74 Å². The Bertz CT molecular complexity index is 858. The van der Waals surface area contributed by atoms with Crippen LogP contribution < -0.4 is 4.74 Å². The molecule has 0 unspecified atom stereocenters. The largest absolute Gasteiger partial charge is 0.504 e. The van der Waals surface area contributed by atoms with E-state index in [0.29, 0.717) is 6.04 Å². The van der Waals surface area contributed by atoms with E-state index in [9.17, 15) is 4.79 Å². The fraction of sp³-hybridized carbons (Fsp3) is 0.522. The highest BCUT2D eigenvalue weighted by Crippen LogP contribution is 2.43. The second-order valence-corrected chi connectivity index (χ2v) is 7.57. The summed E-state index contributed by atoms with van der Waals surface area (Å²) in [5.74, 6) is 1.49. The van der Waals surface area contributed by atoms with E-state index in [-0.39, 0.29) is 0 Å². The number of ether oxygens (including phenoxy) is 3. The van der Waals surface area contributed by atoms with Crippen LogP contribution in [0.3, 0.4) is 0 Å². The molecule has 0 aliphatic carbocycles. The number of carbonyl (C=O) groups excluding carboxylic acids is 1. The maximum Gasteiger partial charge on any atom is 0.333 e. The number of carbonyl (C=O) groups is 1. The smallest absolute Gasteiger partial charge is 0.333 e. The average Bonchev–Trinajstić information content (AvgIpc) is 3.16. The molecular weight excluding hydrogens is 368 g/mol. The number of nitrogens with one attached hydrogen (secondary N) is 1. The van der Waals surface area contributed by atoms with Crippen LogP contribution >= 0.6 is 0 Å². The van der Waals surface area contributed by atoms with Crippen molar-refractivity contribution in [2.24, 2.45) is 5.92 Å². The van der Waals surface area contributed by atoms with Gasteiger partial charge in [-0.3, -0.25) is 4.90 Å². The Balaban J connectivity index is 0.000000258. The third kappa shape index (κ3) is 4.58. The predicted octanol–water partition coefficient (Wildman–Crippen LogP) is 4.22. The van der Waals surface area contributed by atoms with E-state index < -0.39 is 5.97 Å². The van der Waals surface area contributed by atoms with E-state index in [1.54, 1.807) is 7.11 Å². The first-order valence-corrected chi connectivity index (χ1v) is 10.3. The van der Waals surface area contributed by atoms with Gasteiger partial charge in [-0.2, -0.15) is 0 Å². The molecule has 0 amide bonds. The maximum absolute atomic E-state index is 10.2. The molecular formula is C23H32N2O4. The molecule has 2 atom stereocenters. The van der Waals surface area contributed by atoms with E-state index in [0.717, 1.165) is 18.1 Å². The molecule has 29 heavy (non-hydrogen) atoms. The number of benzene rings is 1. The Morgan fingerprint density at radius 3 is 2.79 bits per heavy atom. The number of hydrogen-bond acceptors (Lipinski definition) is 5. The van der Waals surface area contributed by atoms with Crippen LogP contribution in [0.25, 0.3) is 10.9 Å². The lowest BCUT2D eigenvalue weighted by Crippen LogP contribution is -2.42. The van der Waals surface area contributed by atoms with Crippen LogP contribution in [0.2, 0.25) is 0 Å². The Labute approximate surface area is 172 Å². The highest BCUT2D eigenvalue weighted by atomic mass is 16.5. The van der Waals surface area contributed by atoms with Crippen molar-refractivity contribution in [2.45, 2.75) is 38.6 Å². The molecule has 6 nitrogen and oxygen atoms in total. The number of fused-ring (bicyclic) bond motifs is 5. The predicted molar refractivity (Wildman–Crippen MR) is 114 cm³/mol. The Morgan fingerprint density at radius 2 is 2.10 bits per heavy atom. The van der Waals surface area contributed by atoms with Crippen molar-refractivity contribution >= 4 is 16.9 Å². The monoisotopic (exact) mass is 400 g/mol. The second-order valence-electron chi connectivity index (χ2n) is 7.57. The van der Waals surface area contributed by atoms with Gasteiger partial charge in [0.05, 0.1) is 39.7 Å². The van der Waals surface area contributed by atoms with Gasteiger partial charge in [-0.05, 0) is 42.9 Å². The molecule has 2 aliphatic rings. The average molecular weight is 401 g/mol. The Morgan fingerprint density at radius 1 is 1.28 bits per heavy atom. The maximum atomic E-state index is 10.2. The molecule has 1 fully saturated rings. The highest BCUT2D eigenvalue weighted by Gasteiger charge is 2.35. The summed E-state index contributed by atoms with van der Waals surface area (Å²) in [5.41, 5.74) is 4.19. The van der Waals surface area contributed by atoms with Crippen LogP contribution in [0, 0.1) is 5.92 Å². The molecule has 158 valence electrons. The summed E-state index contributed by atoms with van der Waals surface area (Å²) in [6, 6.07) is 6.93. The van der Waals surface area contributed by atoms with E-state index >= 15 is 0 Å². The minimum atomic E-state index is -0.410. The number of methoxy groups -OCH3 is 3. The Kier molecular flexibility index (Phi) is 7.20. The van der Waals surface area contributed by atoms with Crippen molar-refractivity contribution in [3.05, 3.63) is 41.8 Å². The number of piperidine rings is 1. The lowest BCUT2D eigenvalue weighted by atomic mass is 9.85. The van der Waals surface area contributed by atoms with Crippen molar-refractivity contribution in [1.82, 2.24) is 9.88 Å². The third-order valence-electron chi connectivity index (χ3n) is 6.03. The summed E-state index contributed by atoms with van der Waals surface area (Å²) in [6.45, 7) is 4.79. The van der Waals surface area contributed by atoms with Crippen LogP contribution in [0.4, 0.5) is 0 Å². The summed E-state index contributed by atoms with van der Waals surface area (Å²) in [7, 11) is 4.54. The first kappa shape index (κ1) is 21.2. The number of aromatic amines is 1. The summed E-state index contributed by atoms with van der Waals surface area (Å²) in [4.78, 5) is 16.6. The quantitative estimate of drug-likeness (QED) is 0.473. The summed E-state index contributed by atoms with van der Waals surface area (Å²) in [6.07, 6.45) is 7.56. The van der Waals surface area contributed by atoms with E-state index in [1.165, 1.54) is 81.1 Å². The summed E-state index contributed by atoms with van der Waals surface area (Å²) < 4.78 is 14.3. The van der Waals surface area contributed by atoms with Gasteiger partial charge in [0, 0.05) is 29.7 Å². The van der Waals surface area contributed by atoms with Gasteiger partial charge < -0.3 is 19.2 Å². The SMILES string of the molecule is CC[C@H]1CC[C@H]2c3[nH]c4cccc(OC)c4c3CCN2C1.CO/C=C/C(=O)OC. The van der Waals surface area contributed by atoms with Crippen molar-refractivity contribution in [2.75, 3.05) is 34.4 Å².